The van der Waals surface area contributed by atoms with Crippen molar-refractivity contribution in [2.75, 3.05) is 0 Å². The van der Waals surface area contributed by atoms with Crippen LogP contribution in [0.3, 0.4) is 0 Å². The van der Waals surface area contributed by atoms with Gasteiger partial charge in [-0.05, 0) is 37.4 Å². The third-order valence-corrected chi connectivity index (χ3v) is 5.71. The van der Waals surface area contributed by atoms with E-state index in [1.807, 2.05) is 32.0 Å². The number of thioether (sulfide) groups is 1. The average molecular weight is 384 g/mol. The summed E-state index contributed by atoms with van der Waals surface area (Å²) in [6, 6.07) is 14.3. The van der Waals surface area contributed by atoms with Gasteiger partial charge in [-0.15, -0.1) is 21.5 Å². The maximum absolute atomic E-state index is 5.30. The largest absolute Gasteiger partial charge is 0.338 e. The van der Waals surface area contributed by atoms with Crippen LogP contribution < -0.4 is 0 Å². The molecule has 0 bridgehead atoms. The number of aryl methyl sites for hydroxylation is 1. The van der Waals surface area contributed by atoms with Crippen LogP contribution in [0.1, 0.15) is 34.6 Å². The average Bonchev–Trinajstić information content (AvgIpc) is 3.38. The molecule has 1 atom stereocenters. The van der Waals surface area contributed by atoms with Crippen molar-refractivity contribution in [2.45, 2.75) is 30.7 Å². The number of hydrogen-bond acceptors (Lipinski definition) is 7. The predicted octanol–water partition coefficient (Wildman–Crippen LogP) is 4.46. The second-order valence-corrected chi connectivity index (χ2v) is 8.11. The Morgan fingerprint density at radius 1 is 1.15 bits per heavy atom. The SMILES string of the molecule is Cc1noc(C(C)Sc2nnc(Cc3cccs3)n2-c2ccccc2)n1. The van der Waals surface area contributed by atoms with Crippen molar-refractivity contribution in [3.05, 3.63) is 70.3 Å². The highest BCUT2D eigenvalue weighted by atomic mass is 32.2. The summed E-state index contributed by atoms with van der Waals surface area (Å²) < 4.78 is 7.40. The minimum Gasteiger partial charge on any atom is -0.338 e. The van der Waals surface area contributed by atoms with Gasteiger partial charge in [0.05, 0.1) is 5.25 Å². The van der Waals surface area contributed by atoms with Crippen LogP contribution in [0.4, 0.5) is 0 Å². The first-order valence-electron chi connectivity index (χ1n) is 8.19. The first-order chi connectivity index (χ1) is 12.7. The van der Waals surface area contributed by atoms with Gasteiger partial charge in [-0.3, -0.25) is 4.57 Å². The van der Waals surface area contributed by atoms with Gasteiger partial charge in [-0.2, -0.15) is 4.98 Å². The number of hydrogen-bond donors (Lipinski definition) is 0. The van der Waals surface area contributed by atoms with Gasteiger partial charge in [0.1, 0.15) is 5.82 Å². The zero-order valence-corrected chi connectivity index (χ0v) is 16.0. The van der Waals surface area contributed by atoms with Crippen molar-refractivity contribution in [2.24, 2.45) is 0 Å². The van der Waals surface area contributed by atoms with Crippen molar-refractivity contribution >= 4 is 23.1 Å². The summed E-state index contributed by atoms with van der Waals surface area (Å²) >= 11 is 3.28. The molecule has 3 aromatic heterocycles. The van der Waals surface area contributed by atoms with E-state index in [1.165, 1.54) is 4.88 Å². The van der Waals surface area contributed by atoms with Gasteiger partial charge in [0.2, 0.25) is 5.89 Å². The summed E-state index contributed by atoms with van der Waals surface area (Å²) in [5.74, 6) is 2.14. The van der Waals surface area contributed by atoms with Gasteiger partial charge >= 0.3 is 0 Å². The lowest BCUT2D eigenvalue weighted by Crippen LogP contribution is -2.03. The fourth-order valence-corrected chi connectivity index (χ4v) is 4.20. The Kier molecular flexibility index (Phi) is 4.85. The Morgan fingerprint density at radius 2 is 2.00 bits per heavy atom. The maximum atomic E-state index is 5.30. The van der Waals surface area contributed by atoms with Gasteiger partial charge in [0.15, 0.2) is 11.0 Å². The number of nitrogens with zero attached hydrogens (tertiary/aromatic N) is 5. The van der Waals surface area contributed by atoms with Gasteiger partial charge in [0.25, 0.3) is 0 Å². The standard InChI is InChI=1S/C18H17N5OS2/c1-12(17-19-13(2)22-24-17)26-18-21-20-16(11-15-9-6-10-25-15)23(18)14-7-4-3-5-8-14/h3-10,12H,11H2,1-2H3. The van der Waals surface area contributed by atoms with Crippen molar-refractivity contribution in [3.8, 4) is 5.69 Å². The van der Waals surface area contributed by atoms with E-state index in [0.29, 0.717) is 11.7 Å². The summed E-state index contributed by atoms with van der Waals surface area (Å²) in [6.07, 6.45) is 0.744. The molecule has 0 aliphatic rings. The second kappa shape index (κ2) is 7.43. The van der Waals surface area contributed by atoms with E-state index in [2.05, 4.69) is 54.6 Å². The Bertz CT molecular complexity index is 978. The topological polar surface area (TPSA) is 69.6 Å². The Morgan fingerprint density at radius 3 is 2.69 bits per heavy atom. The van der Waals surface area contributed by atoms with E-state index < -0.39 is 0 Å². The number of aromatic nitrogens is 5. The lowest BCUT2D eigenvalue weighted by atomic mass is 10.3. The molecule has 4 rings (SSSR count). The molecule has 3 heterocycles. The van der Waals surface area contributed by atoms with Crippen LogP contribution >= 0.6 is 23.1 Å². The molecule has 0 fully saturated rings. The second-order valence-electron chi connectivity index (χ2n) is 5.77. The first kappa shape index (κ1) is 17.0. The normalized spacial score (nSPS) is 12.4. The van der Waals surface area contributed by atoms with Gasteiger partial charge in [-0.25, -0.2) is 0 Å². The van der Waals surface area contributed by atoms with Crippen LogP contribution in [0.5, 0.6) is 0 Å². The van der Waals surface area contributed by atoms with E-state index >= 15 is 0 Å². The molecule has 0 N–H and O–H groups in total. The highest BCUT2D eigenvalue weighted by molar-refractivity contribution is 7.99. The van der Waals surface area contributed by atoms with E-state index in [9.17, 15) is 0 Å². The molecule has 4 aromatic rings. The molecular weight excluding hydrogens is 366 g/mol. The number of para-hydroxylation sites is 1. The molecule has 1 unspecified atom stereocenters. The molecule has 8 heteroatoms. The Labute approximate surface area is 159 Å². The van der Waals surface area contributed by atoms with Crippen molar-refractivity contribution in [1.82, 2.24) is 24.9 Å². The Hall–Kier alpha value is -2.45. The number of benzene rings is 1. The number of thiophene rings is 1. The van der Waals surface area contributed by atoms with Crippen LogP contribution in [0.15, 0.2) is 57.5 Å². The van der Waals surface area contributed by atoms with Crippen LogP contribution in [0.2, 0.25) is 0 Å². The van der Waals surface area contributed by atoms with Crippen LogP contribution in [-0.2, 0) is 6.42 Å². The first-order valence-corrected chi connectivity index (χ1v) is 9.95. The molecule has 6 nitrogen and oxygen atoms in total. The van der Waals surface area contributed by atoms with Crippen LogP contribution in [0.25, 0.3) is 5.69 Å². The van der Waals surface area contributed by atoms with Crippen LogP contribution in [0, 0.1) is 6.92 Å². The fourth-order valence-electron chi connectivity index (χ4n) is 2.58. The van der Waals surface area contributed by atoms with Crippen molar-refractivity contribution in [1.29, 1.82) is 0 Å². The summed E-state index contributed by atoms with van der Waals surface area (Å²) in [5.41, 5.74) is 1.04. The fraction of sp³-hybridized carbons (Fsp3) is 0.222. The minimum absolute atomic E-state index is 0.0162. The summed E-state index contributed by atoms with van der Waals surface area (Å²) in [4.78, 5) is 5.58. The maximum Gasteiger partial charge on any atom is 0.239 e. The lowest BCUT2D eigenvalue weighted by molar-refractivity contribution is 0.376. The van der Waals surface area contributed by atoms with E-state index in [4.69, 9.17) is 4.52 Å². The number of rotatable bonds is 6. The molecule has 0 saturated carbocycles. The monoisotopic (exact) mass is 383 g/mol. The zero-order valence-electron chi connectivity index (χ0n) is 14.4. The molecule has 0 amide bonds. The molecule has 0 aliphatic carbocycles. The quantitative estimate of drug-likeness (QED) is 0.458. The minimum atomic E-state index is -0.0162. The predicted molar refractivity (Wildman–Crippen MR) is 102 cm³/mol. The van der Waals surface area contributed by atoms with Crippen molar-refractivity contribution < 1.29 is 4.52 Å². The molecule has 0 spiro atoms. The zero-order chi connectivity index (χ0) is 17.9. The van der Waals surface area contributed by atoms with E-state index in [0.717, 1.165) is 23.1 Å². The summed E-state index contributed by atoms with van der Waals surface area (Å²) in [6.45, 7) is 3.84. The molecule has 0 saturated heterocycles. The molecule has 1 aromatic carbocycles. The third-order valence-electron chi connectivity index (χ3n) is 3.80. The highest BCUT2D eigenvalue weighted by Crippen LogP contribution is 2.34. The molecule has 0 aliphatic heterocycles. The van der Waals surface area contributed by atoms with Gasteiger partial charge in [0, 0.05) is 17.0 Å². The lowest BCUT2D eigenvalue weighted by Gasteiger charge is -2.11. The van der Waals surface area contributed by atoms with Gasteiger partial charge < -0.3 is 4.52 Å². The summed E-state index contributed by atoms with van der Waals surface area (Å²) in [7, 11) is 0. The van der Waals surface area contributed by atoms with E-state index in [-0.39, 0.29) is 5.25 Å². The molecule has 0 radical (unpaired) electrons. The molecule has 26 heavy (non-hydrogen) atoms. The van der Waals surface area contributed by atoms with Gasteiger partial charge in [-0.1, -0.05) is 41.2 Å². The highest BCUT2D eigenvalue weighted by Gasteiger charge is 2.21. The summed E-state index contributed by atoms with van der Waals surface area (Å²) in [5, 5.41) is 15.6. The van der Waals surface area contributed by atoms with Crippen molar-refractivity contribution in [3.63, 3.8) is 0 Å². The van der Waals surface area contributed by atoms with E-state index in [1.54, 1.807) is 23.1 Å². The Balaban J connectivity index is 1.68. The third kappa shape index (κ3) is 3.56. The molecular formula is C18H17N5OS2. The smallest absolute Gasteiger partial charge is 0.239 e. The molecule has 132 valence electrons. The van der Waals surface area contributed by atoms with Crippen LogP contribution in [-0.4, -0.2) is 24.9 Å².